The van der Waals surface area contributed by atoms with Crippen LogP contribution in [0, 0.1) is 11.3 Å². The molecule has 2 aliphatic heterocycles. The van der Waals surface area contributed by atoms with Crippen LogP contribution in [0.1, 0.15) is 26.7 Å². The monoisotopic (exact) mass is 345 g/mol. The van der Waals surface area contributed by atoms with Crippen LogP contribution in [-0.2, 0) is 4.79 Å². The normalized spacial score (nSPS) is 26.2. The number of hydrogen-bond donors (Lipinski definition) is 2. The summed E-state index contributed by atoms with van der Waals surface area (Å²) in [5, 5.41) is 5.89. The van der Waals surface area contributed by atoms with Gasteiger partial charge in [0, 0.05) is 42.2 Å². The third-order valence-electron chi connectivity index (χ3n) is 5.23. The van der Waals surface area contributed by atoms with E-state index < -0.39 is 0 Å². The van der Waals surface area contributed by atoms with E-state index in [-0.39, 0.29) is 36.1 Å². The first kappa shape index (κ1) is 16.1. The number of likely N-dealkylation sites (tertiary alicyclic amines) is 1. The maximum atomic E-state index is 12.6. The van der Waals surface area contributed by atoms with Crippen LogP contribution in [0.3, 0.4) is 0 Å². The average Bonchev–Trinajstić information content (AvgIpc) is 2.90. The van der Waals surface area contributed by atoms with Gasteiger partial charge in [-0.05, 0) is 38.8 Å². The minimum absolute atomic E-state index is 0.0185. The molecule has 4 rings (SSSR count). The number of urea groups is 1. The SMILES string of the molecule is CC(C)NC(=O)N1CC[C@@]2(C[C@H]2C(=O)Nc2ccc3c(c2)OCO3)C1. The van der Waals surface area contributed by atoms with Gasteiger partial charge >= 0.3 is 6.03 Å². The molecule has 0 radical (unpaired) electrons. The Morgan fingerprint density at radius 2 is 2.08 bits per heavy atom. The van der Waals surface area contributed by atoms with Gasteiger partial charge in [0.05, 0.1) is 0 Å². The Kier molecular flexibility index (Phi) is 3.74. The molecular weight excluding hydrogens is 322 g/mol. The maximum Gasteiger partial charge on any atom is 0.317 e. The van der Waals surface area contributed by atoms with Gasteiger partial charge in [0.1, 0.15) is 0 Å². The van der Waals surface area contributed by atoms with Crippen LogP contribution in [0.15, 0.2) is 18.2 Å². The van der Waals surface area contributed by atoms with E-state index in [1.165, 1.54) is 0 Å². The van der Waals surface area contributed by atoms with Gasteiger partial charge in [0.25, 0.3) is 0 Å². The zero-order valence-corrected chi connectivity index (χ0v) is 14.5. The second-order valence-corrected chi connectivity index (χ2v) is 7.45. The third-order valence-corrected chi connectivity index (χ3v) is 5.23. The Labute approximate surface area is 146 Å². The van der Waals surface area contributed by atoms with Gasteiger partial charge in [0.15, 0.2) is 11.5 Å². The van der Waals surface area contributed by atoms with Crippen LogP contribution in [0.5, 0.6) is 11.5 Å². The Bertz CT molecular complexity index is 720. The second-order valence-electron chi connectivity index (χ2n) is 7.45. The molecule has 3 amide bonds. The average molecular weight is 345 g/mol. The number of ether oxygens (including phenoxy) is 2. The van der Waals surface area contributed by atoms with E-state index >= 15 is 0 Å². The summed E-state index contributed by atoms with van der Waals surface area (Å²) in [5.74, 6) is 1.34. The zero-order chi connectivity index (χ0) is 17.6. The number of carbonyl (C=O) groups is 2. The number of fused-ring (bicyclic) bond motifs is 1. The van der Waals surface area contributed by atoms with Crippen molar-refractivity contribution in [3.05, 3.63) is 18.2 Å². The van der Waals surface area contributed by atoms with E-state index in [1.807, 2.05) is 24.8 Å². The predicted octanol–water partition coefficient (Wildman–Crippen LogP) is 2.18. The van der Waals surface area contributed by atoms with Crippen molar-refractivity contribution in [2.24, 2.45) is 11.3 Å². The molecule has 7 nitrogen and oxygen atoms in total. The molecule has 134 valence electrons. The minimum Gasteiger partial charge on any atom is -0.454 e. The Balaban J connectivity index is 1.35. The minimum atomic E-state index is -0.0469. The molecule has 2 N–H and O–H groups in total. The fourth-order valence-electron chi connectivity index (χ4n) is 3.78. The summed E-state index contributed by atoms with van der Waals surface area (Å²) in [5.41, 5.74) is 0.665. The molecule has 2 heterocycles. The number of benzene rings is 1. The largest absolute Gasteiger partial charge is 0.454 e. The van der Waals surface area contributed by atoms with Crippen LogP contribution >= 0.6 is 0 Å². The molecule has 7 heteroatoms. The van der Waals surface area contributed by atoms with Crippen molar-refractivity contribution in [1.82, 2.24) is 10.2 Å². The highest BCUT2D eigenvalue weighted by molar-refractivity contribution is 5.95. The molecule has 0 aromatic heterocycles. The van der Waals surface area contributed by atoms with Gasteiger partial charge < -0.3 is 25.0 Å². The van der Waals surface area contributed by atoms with E-state index in [4.69, 9.17) is 9.47 Å². The van der Waals surface area contributed by atoms with Gasteiger partial charge in [-0.1, -0.05) is 0 Å². The molecule has 1 saturated heterocycles. The summed E-state index contributed by atoms with van der Waals surface area (Å²) in [6.45, 7) is 5.48. The Morgan fingerprint density at radius 3 is 2.88 bits per heavy atom. The van der Waals surface area contributed by atoms with Crippen molar-refractivity contribution in [3.63, 3.8) is 0 Å². The van der Waals surface area contributed by atoms with Crippen LogP contribution in [0.4, 0.5) is 10.5 Å². The lowest BCUT2D eigenvalue weighted by Crippen LogP contribution is -2.42. The van der Waals surface area contributed by atoms with Crippen LogP contribution < -0.4 is 20.1 Å². The topological polar surface area (TPSA) is 79.9 Å². The smallest absolute Gasteiger partial charge is 0.317 e. The van der Waals surface area contributed by atoms with Gasteiger partial charge in [-0.2, -0.15) is 0 Å². The number of rotatable bonds is 3. The Hall–Kier alpha value is -2.44. The van der Waals surface area contributed by atoms with Crippen molar-refractivity contribution in [2.45, 2.75) is 32.7 Å². The van der Waals surface area contributed by atoms with Crippen LogP contribution in [0.25, 0.3) is 0 Å². The molecule has 1 aliphatic carbocycles. The standard InChI is InChI=1S/C18H23N3O4/c1-11(2)19-17(23)21-6-5-18(9-21)8-13(18)16(22)20-12-3-4-14-15(7-12)25-10-24-14/h3-4,7,11,13H,5-6,8-10H2,1-2H3,(H,19,23)(H,20,22)/t13-,18+/m0/s1. The molecule has 1 aromatic rings. The first-order valence-corrected chi connectivity index (χ1v) is 8.73. The highest BCUT2D eigenvalue weighted by atomic mass is 16.7. The molecule has 1 aromatic carbocycles. The van der Waals surface area contributed by atoms with Gasteiger partial charge in [0.2, 0.25) is 12.7 Å². The van der Waals surface area contributed by atoms with Gasteiger partial charge in [-0.15, -0.1) is 0 Å². The molecule has 3 aliphatic rings. The summed E-state index contributed by atoms with van der Waals surface area (Å²) < 4.78 is 10.6. The number of amides is 3. The van der Waals surface area contributed by atoms with Crippen molar-refractivity contribution < 1.29 is 19.1 Å². The Morgan fingerprint density at radius 1 is 1.28 bits per heavy atom. The lowest BCUT2D eigenvalue weighted by molar-refractivity contribution is -0.118. The summed E-state index contributed by atoms with van der Waals surface area (Å²) in [4.78, 5) is 26.6. The first-order chi connectivity index (χ1) is 12.0. The van der Waals surface area contributed by atoms with Gasteiger partial charge in [-0.3, -0.25) is 4.79 Å². The van der Waals surface area contributed by atoms with Crippen molar-refractivity contribution in [1.29, 1.82) is 0 Å². The number of nitrogens with one attached hydrogen (secondary N) is 2. The number of carbonyl (C=O) groups excluding carboxylic acids is 2. The van der Waals surface area contributed by atoms with Crippen molar-refractivity contribution in [3.8, 4) is 11.5 Å². The quantitative estimate of drug-likeness (QED) is 0.880. The van der Waals surface area contributed by atoms with Crippen molar-refractivity contribution in [2.75, 3.05) is 25.2 Å². The van der Waals surface area contributed by atoms with E-state index in [9.17, 15) is 9.59 Å². The molecule has 1 saturated carbocycles. The van der Waals surface area contributed by atoms with E-state index in [2.05, 4.69) is 10.6 Å². The molecule has 25 heavy (non-hydrogen) atoms. The van der Waals surface area contributed by atoms with Crippen LogP contribution in [0.2, 0.25) is 0 Å². The van der Waals surface area contributed by atoms with E-state index in [0.717, 1.165) is 12.8 Å². The molecule has 1 spiro atoms. The third kappa shape index (κ3) is 2.99. The lowest BCUT2D eigenvalue weighted by Gasteiger charge is -2.19. The predicted molar refractivity (Wildman–Crippen MR) is 91.6 cm³/mol. The lowest BCUT2D eigenvalue weighted by atomic mass is 10.0. The molecular formula is C18H23N3O4. The molecule has 0 bridgehead atoms. The van der Waals surface area contributed by atoms with E-state index in [1.54, 1.807) is 12.1 Å². The molecule has 2 fully saturated rings. The summed E-state index contributed by atoms with van der Waals surface area (Å²) >= 11 is 0. The summed E-state index contributed by atoms with van der Waals surface area (Å²) in [7, 11) is 0. The van der Waals surface area contributed by atoms with Gasteiger partial charge in [-0.25, -0.2) is 4.79 Å². The maximum absolute atomic E-state index is 12.6. The number of nitrogens with zero attached hydrogens (tertiary/aromatic N) is 1. The first-order valence-electron chi connectivity index (χ1n) is 8.73. The second kappa shape index (κ2) is 5.82. The van der Waals surface area contributed by atoms with Crippen molar-refractivity contribution >= 4 is 17.6 Å². The zero-order valence-electron chi connectivity index (χ0n) is 14.5. The fourth-order valence-corrected chi connectivity index (χ4v) is 3.78. The van der Waals surface area contributed by atoms with Crippen LogP contribution in [-0.4, -0.2) is 42.8 Å². The summed E-state index contributed by atoms with van der Waals surface area (Å²) in [6, 6.07) is 5.49. The number of anilines is 1. The molecule has 2 atom stereocenters. The fraction of sp³-hybridized carbons (Fsp3) is 0.556. The number of hydrogen-bond acceptors (Lipinski definition) is 4. The highest BCUT2D eigenvalue weighted by Gasteiger charge is 2.61. The molecule has 0 unspecified atom stereocenters. The van der Waals surface area contributed by atoms with E-state index in [0.29, 0.717) is 30.3 Å². The summed E-state index contributed by atoms with van der Waals surface area (Å²) in [6.07, 6.45) is 1.73. The highest BCUT2D eigenvalue weighted by Crippen LogP contribution is 2.58.